The van der Waals surface area contributed by atoms with Crippen molar-refractivity contribution in [1.29, 1.82) is 0 Å². The molecule has 26 heavy (non-hydrogen) atoms. The molecule has 136 valence electrons. The van der Waals surface area contributed by atoms with Crippen molar-refractivity contribution in [3.8, 4) is 0 Å². The minimum absolute atomic E-state index is 0.154. The smallest absolute Gasteiger partial charge is 0.201 e. The molecule has 3 aromatic rings. The number of benzene rings is 2. The molecule has 2 heterocycles. The molecule has 5 nitrogen and oxygen atoms in total. The Bertz CT molecular complexity index is 850. The molecule has 0 unspecified atom stereocenters. The highest BCUT2D eigenvalue weighted by Crippen LogP contribution is 2.22. The van der Waals surface area contributed by atoms with Gasteiger partial charge in [-0.05, 0) is 36.4 Å². The van der Waals surface area contributed by atoms with Crippen molar-refractivity contribution in [3.63, 3.8) is 0 Å². The molecule has 4 rings (SSSR count). The maximum atomic E-state index is 14.6. The van der Waals surface area contributed by atoms with Crippen molar-refractivity contribution in [3.05, 3.63) is 53.8 Å². The minimum Gasteiger partial charge on any atom is -0.367 e. The number of aromatic amines is 1. The minimum atomic E-state index is -0.154. The number of para-hydroxylation sites is 2. The van der Waals surface area contributed by atoms with Gasteiger partial charge < -0.3 is 20.1 Å². The van der Waals surface area contributed by atoms with E-state index in [1.165, 1.54) is 0 Å². The first kappa shape index (κ1) is 16.8. The molecule has 0 amide bonds. The number of fused-ring (bicyclic) bond motifs is 1. The molecule has 1 aliphatic heterocycles. The first-order valence-corrected chi connectivity index (χ1v) is 9.17. The van der Waals surface area contributed by atoms with Gasteiger partial charge in [0.25, 0.3) is 0 Å². The summed E-state index contributed by atoms with van der Waals surface area (Å²) in [5.74, 6) is 0.547. The maximum Gasteiger partial charge on any atom is 0.201 e. The molecular formula is C20H24FN5. The van der Waals surface area contributed by atoms with Crippen LogP contribution >= 0.6 is 0 Å². The largest absolute Gasteiger partial charge is 0.367 e. The van der Waals surface area contributed by atoms with Crippen LogP contribution < -0.4 is 10.2 Å². The first-order chi connectivity index (χ1) is 12.7. The van der Waals surface area contributed by atoms with Gasteiger partial charge in [-0.1, -0.05) is 25.1 Å². The number of hydrogen-bond donors (Lipinski definition) is 2. The van der Waals surface area contributed by atoms with Crippen LogP contribution in [0.15, 0.2) is 42.5 Å². The van der Waals surface area contributed by atoms with Crippen LogP contribution in [-0.4, -0.2) is 47.6 Å². The Balaban J connectivity index is 1.41. The highest BCUT2D eigenvalue weighted by Gasteiger charge is 2.18. The number of hydrogen-bond acceptors (Lipinski definition) is 4. The monoisotopic (exact) mass is 353 g/mol. The summed E-state index contributed by atoms with van der Waals surface area (Å²) in [4.78, 5) is 12.2. The van der Waals surface area contributed by atoms with Gasteiger partial charge in [0.15, 0.2) is 0 Å². The number of halogens is 1. The van der Waals surface area contributed by atoms with Crippen molar-refractivity contribution in [2.24, 2.45) is 0 Å². The van der Waals surface area contributed by atoms with Crippen LogP contribution in [0, 0.1) is 5.82 Å². The van der Waals surface area contributed by atoms with Crippen molar-refractivity contribution in [2.75, 3.05) is 42.9 Å². The summed E-state index contributed by atoms with van der Waals surface area (Å²) in [6.45, 7) is 7.49. The van der Waals surface area contributed by atoms with Crippen LogP contribution in [0.1, 0.15) is 12.5 Å². The Morgan fingerprint density at radius 1 is 1.12 bits per heavy atom. The van der Waals surface area contributed by atoms with E-state index in [1.54, 1.807) is 6.07 Å². The molecule has 1 aromatic heterocycles. The van der Waals surface area contributed by atoms with Gasteiger partial charge in [0.2, 0.25) is 5.95 Å². The van der Waals surface area contributed by atoms with Crippen LogP contribution in [0.4, 0.5) is 16.0 Å². The Morgan fingerprint density at radius 2 is 1.92 bits per heavy atom. The molecule has 1 saturated heterocycles. The number of aromatic nitrogens is 2. The molecule has 0 aliphatic carbocycles. The fourth-order valence-electron chi connectivity index (χ4n) is 3.44. The lowest BCUT2D eigenvalue weighted by Gasteiger charge is -2.35. The molecule has 2 aromatic carbocycles. The summed E-state index contributed by atoms with van der Waals surface area (Å²) in [6, 6.07) is 13.4. The van der Waals surface area contributed by atoms with Crippen LogP contribution in [0.25, 0.3) is 11.0 Å². The molecule has 1 fully saturated rings. The summed E-state index contributed by atoms with van der Waals surface area (Å²) in [7, 11) is 0. The molecule has 0 saturated carbocycles. The number of rotatable bonds is 5. The Kier molecular flexibility index (Phi) is 4.75. The molecule has 0 radical (unpaired) electrons. The van der Waals surface area contributed by atoms with E-state index >= 15 is 0 Å². The molecule has 1 aliphatic rings. The number of imidazole rings is 1. The van der Waals surface area contributed by atoms with Crippen LogP contribution in [-0.2, 0) is 6.54 Å². The average Bonchev–Trinajstić information content (AvgIpc) is 3.10. The van der Waals surface area contributed by atoms with E-state index in [2.05, 4.69) is 32.0 Å². The topological polar surface area (TPSA) is 47.2 Å². The van der Waals surface area contributed by atoms with Gasteiger partial charge in [0, 0.05) is 32.7 Å². The van der Waals surface area contributed by atoms with Crippen molar-refractivity contribution < 1.29 is 4.39 Å². The van der Waals surface area contributed by atoms with Gasteiger partial charge in [-0.15, -0.1) is 0 Å². The van der Waals surface area contributed by atoms with E-state index in [0.717, 1.165) is 49.3 Å². The van der Waals surface area contributed by atoms with Gasteiger partial charge in [-0.25, -0.2) is 9.37 Å². The summed E-state index contributed by atoms with van der Waals surface area (Å²) in [5, 5.41) is 3.24. The summed E-state index contributed by atoms with van der Waals surface area (Å²) in [5.41, 5.74) is 3.51. The molecule has 0 spiro atoms. The highest BCUT2D eigenvalue weighted by molar-refractivity contribution is 5.77. The average molecular weight is 353 g/mol. The normalized spacial score (nSPS) is 15.5. The maximum absolute atomic E-state index is 14.6. The van der Waals surface area contributed by atoms with E-state index in [1.807, 2.05) is 36.4 Å². The van der Waals surface area contributed by atoms with Crippen molar-refractivity contribution >= 4 is 22.7 Å². The summed E-state index contributed by atoms with van der Waals surface area (Å²) < 4.78 is 14.6. The lowest BCUT2D eigenvalue weighted by atomic mass is 10.1. The fourth-order valence-corrected chi connectivity index (χ4v) is 3.44. The molecule has 6 heteroatoms. The quantitative estimate of drug-likeness (QED) is 0.737. The van der Waals surface area contributed by atoms with Gasteiger partial charge in [0.05, 0.1) is 16.7 Å². The van der Waals surface area contributed by atoms with E-state index in [0.29, 0.717) is 18.2 Å². The lowest BCUT2D eigenvalue weighted by Crippen LogP contribution is -2.46. The third-order valence-corrected chi connectivity index (χ3v) is 5.02. The molecule has 0 atom stereocenters. The van der Waals surface area contributed by atoms with Gasteiger partial charge in [-0.3, -0.25) is 0 Å². The second kappa shape index (κ2) is 7.33. The standard InChI is InChI=1S/C20H24FN5/c1-2-25-9-11-26(12-10-25)19-8-7-15(13-16(19)21)14-22-20-23-17-5-3-4-6-18(17)24-20/h3-8,13H,2,9-12,14H2,1H3,(H2,22,23,24). The second-order valence-corrected chi connectivity index (χ2v) is 6.66. The van der Waals surface area contributed by atoms with Crippen molar-refractivity contribution in [2.45, 2.75) is 13.5 Å². The Labute approximate surface area is 152 Å². The zero-order chi connectivity index (χ0) is 17.9. The predicted octanol–water partition coefficient (Wildman–Crippen LogP) is 3.46. The van der Waals surface area contributed by atoms with E-state index in [-0.39, 0.29) is 5.82 Å². The van der Waals surface area contributed by atoms with E-state index < -0.39 is 0 Å². The van der Waals surface area contributed by atoms with E-state index in [9.17, 15) is 4.39 Å². The number of piperazine rings is 1. The van der Waals surface area contributed by atoms with Crippen molar-refractivity contribution in [1.82, 2.24) is 14.9 Å². The number of nitrogens with one attached hydrogen (secondary N) is 2. The second-order valence-electron chi connectivity index (χ2n) is 6.66. The van der Waals surface area contributed by atoms with Gasteiger partial charge in [-0.2, -0.15) is 0 Å². The zero-order valence-corrected chi connectivity index (χ0v) is 15.0. The predicted molar refractivity (Wildman–Crippen MR) is 104 cm³/mol. The van der Waals surface area contributed by atoms with Gasteiger partial charge in [0.1, 0.15) is 5.82 Å². The zero-order valence-electron chi connectivity index (χ0n) is 15.0. The fraction of sp³-hybridized carbons (Fsp3) is 0.350. The van der Waals surface area contributed by atoms with Crippen LogP contribution in [0.5, 0.6) is 0 Å². The number of likely N-dealkylation sites (N-methyl/N-ethyl adjacent to an activating group) is 1. The number of H-pyrrole nitrogens is 1. The SMILES string of the molecule is CCN1CCN(c2ccc(CNc3nc4ccccc4[nH]3)cc2F)CC1. The lowest BCUT2D eigenvalue weighted by molar-refractivity contribution is 0.270. The molecule has 0 bridgehead atoms. The van der Waals surface area contributed by atoms with Crippen LogP contribution in [0.2, 0.25) is 0 Å². The number of anilines is 2. The molecule has 2 N–H and O–H groups in total. The Hall–Kier alpha value is -2.60. The number of nitrogens with zero attached hydrogens (tertiary/aromatic N) is 3. The van der Waals surface area contributed by atoms with Gasteiger partial charge >= 0.3 is 0 Å². The summed E-state index contributed by atoms with van der Waals surface area (Å²) >= 11 is 0. The third kappa shape index (κ3) is 3.51. The van der Waals surface area contributed by atoms with Crippen LogP contribution in [0.3, 0.4) is 0 Å². The Morgan fingerprint density at radius 3 is 2.65 bits per heavy atom. The third-order valence-electron chi connectivity index (χ3n) is 5.02. The van der Waals surface area contributed by atoms with E-state index in [4.69, 9.17) is 0 Å². The highest BCUT2D eigenvalue weighted by atomic mass is 19.1. The molecular weight excluding hydrogens is 329 g/mol. The summed E-state index contributed by atoms with van der Waals surface area (Å²) in [6.07, 6.45) is 0. The first-order valence-electron chi connectivity index (χ1n) is 9.17.